The number of phenols is 1. The maximum absolute atomic E-state index is 9.92. The van der Waals surface area contributed by atoms with Crippen molar-refractivity contribution in [3.05, 3.63) is 58.6 Å². The molecule has 0 aromatic heterocycles. The third-order valence-electron chi connectivity index (χ3n) is 3.23. The van der Waals surface area contributed by atoms with E-state index in [0.29, 0.717) is 6.54 Å². The summed E-state index contributed by atoms with van der Waals surface area (Å²) >= 11 is 5.86. The van der Waals surface area contributed by atoms with Crippen LogP contribution in [0.3, 0.4) is 0 Å². The van der Waals surface area contributed by atoms with Crippen molar-refractivity contribution >= 4 is 11.6 Å². The maximum Gasteiger partial charge on any atom is 0.120 e. The second kappa shape index (κ2) is 6.64. The summed E-state index contributed by atoms with van der Waals surface area (Å²) in [5.41, 5.74) is 1.96. The Morgan fingerprint density at radius 3 is 2.55 bits per heavy atom. The van der Waals surface area contributed by atoms with Crippen molar-refractivity contribution in [3.8, 4) is 11.5 Å². The molecule has 0 aliphatic heterocycles. The van der Waals surface area contributed by atoms with Crippen LogP contribution >= 0.6 is 11.6 Å². The summed E-state index contributed by atoms with van der Waals surface area (Å²) < 4.78 is 5.18. The number of aromatic hydroxyl groups is 1. The molecular weight excluding hydrogens is 274 g/mol. The molecule has 20 heavy (non-hydrogen) atoms. The van der Waals surface area contributed by atoms with E-state index >= 15 is 0 Å². The normalized spacial score (nSPS) is 12.2. The minimum Gasteiger partial charge on any atom is -0.508 e. The van der Waals surface area contributed by atoms with Gasteiger partial charge in [-0.05, 0) is 42.8 Å². The Hall–Kier alpha value is -1.71. The van der Waals surface area contributed by atoms with E-state index in [1.165, 1.54) is 0 Å². The molecule has 0 aliphatic rings. The number of ether oxygens (including phenoxy) is 1. The summed E-state index contributed by atoms with van der Waals surface area (Å²) in [5, 5.41) is 14.0. The third kappa shape index (κ3) is 3.65. The summed E-state index contributed by atoms with van der Waals surface area (Å²) in [4.78, 5) is 0. The van der Waals surface area contributed by atoms with Crippen LogP contribution in [0.5, 0.6) is 11.5 Å². The monoisotopic (exact) mass is 291 g/mol. The highest BCUT2D eigenvalue weighted by atomic mass is 35.5. The first-order valence-corrected chi connectivity index (χ1v) is 6.82. The lowest BCUT2D eigenvalue weighted by molar-refractivity contribution is 0.407. The van der Waals surface area contributed by atoms with E-state index in [1.807, 2.05) is 37.3 Å². The number of benzene rings is 2. The molecule has 0 saturated carbocycles. The summed E-state index contributed by atoms with van der Waals surface area (Å²) in [6.45, 7) is 2.71. The Morgan fingerprint density at radius 2 is 1.90 bits per heavy atom. The first kappa shape index (κ1) is 14.7. The lowest BCUT2D eigenvalue weighted by atomic mass is 10.1. The summed E-state index contributed by atoms with van der Waals surface area (Å²) in [5.74, 6) is 1.000. The molecule has 2 aromatic rings. The summed E-state index contributed by atoms with van der Waals surface area (Å²) in [7, 11) is 1.61. The zero-order valence-electron chi connectivity index (χ0n) is 11.6. The molecule has 1 unspecified atom stereocenters. The lowest BCUT2D eigenvalue weighted by Gasteiger charge is -2.16. The van der Waals surface area contributed by atoms with Gasteiger partial charge in [0.05, 0.1) is 7.11 Å². The van der Waals surface area contributed by atoms with Gasteiger partial charge in [0.1, 0.15) is 11.5 Å². The zero-order chi connectivity index (χ0) is 14.5. The largest absolute Gasteiger partial charge is 0.508 e. The van der Waals surface area contributed by atoms with Crippen LogP contribution in [0.2, 0.25) is 5.02 Å². The fourth-order valence-corrected chi connectivity index (χ4v) is 2.12. The van der Waals surface area contributed by atoms with Crippen LogP contribution in [0.25, 0.3) is 0 Å². The van der Waals surface area contributed by atoms with Gasteiger partial charge in [-0.3, -0.25) is 0 Å². The molecule has 1 atom stereocenters. The zero-order valence-corrected chi connectivity index (χ0v) is 12.3. The molecule has 0 amide bonds. The van der Waals surface area contributed by atoms with Gasteiger partial charge in [0, 0.05) is 23.2 Å². The molecule has 2 N–H and O–H groups in total. The van der Waals surface area contributed by atoms with Crippen molar-refractivity contribution in [2.75, 3.05) is 7.11 Å². The van der Waals surface area contributed by atoms with E-state index in [4.69, 9.17) is 16.3 Å². The molecule has 0 fully saturated rings. The van der Waals surface area contributed by atoms with Crippen molar-refractivity contribution < 1.29 is 9.84 Å². The van der Waals surface area contributed by atoms with Crippen molar-refractivity contribution in [1.29, 1.82) is 0 Å². The SMILES string of the molecule is COc1ccc(O)c(C(C)NCc2ccc(Cl)cc2)c1. The molecular formula is C16H18ClNO2. The van der Waals surface area contributed by atoms with Crippen LogP contribution in [0.15, 0.2) is 42.5 Å². The molecule has 0 heterocycles. The van der Waals surface area contributed by atoms with Crippen LogP contribution in [-0.2, 0) is 6.54 Å². The topological polar surface area (TPSA) is 41.5 Å². The van der Waals surface area contributed by atoms with Gasteiger partial charge in [0.15, 0.2) is 0 Å². The highest BCUT2D eigenvalue weighted by molar-refractivity contribution is 6.30. The molecule has 0 radical (unpaired) electrons. The van der Waals surface area contributed by atoms with E-state index in [9.17, 15) is 5.11 Å². The van der Waals surface area contributed by atoms with E-state index in [0.717, 1.165) is 21.9 Å². The number of halogens is 1. The number of hydrogen-bond donors (Lipinski definition) is 2. The second-order valence-corrected chi connectivity index (χ2v) is 5.09. The van der Waals surface area contributed by atoms with Crippen LogP contribution in [-0.4, -0.2) is 12.2 Å². The quantitative estimate of drug-likeness (QED) is 0.878. The van der Waals surface area contributed by atoms with Gasteiger partial charge in [-0.2, -0.15) is 0 Å². The van der Waals surface area contributed by atoms with E-state index < -0.39 is 0 Å². The molecule has 0 saturated heterocycles. The summed E-state index contributed by atoms with van der Waals surface area (Å²) in [6.07, 6.45) is 0. The van der Waals surface area contributed by atoms with Crippen molar-refractivity contribution in [3.63, 3.8) is 0 Å². The Morgan fingerprint density at radius 1 is 1.20 bits per heavy atom. The summed E-state index contributed by atoms with van der Waals surface area (Å²) in [6, 6.07) is 12.9. The Bertz CT molecular complexity index is 569. The van der Waals surface area contributed by atoms with Gasteiger partial charge in [-0.15, -0.1) is 0 Å². The van der Waals surface area contributed by atoms with Crippen LogP contribution in [0.1, 0.15) is 24.1 Å². The molecule has 0 spiro atoms. The first-order chi connectivity index (χ1) is 9.60. The number of nitrogens with one attached hydrogen (secondary N) is 1. The number of phenolic OH excluding ortho intramolecular Hbond substituents is 1. The number of rotatable bonds is 5. The van der Waals surface area contributed by atoms with Gasteiger partial charge in [-0.1, -0.05) is 23.7 Å². The molecule has 0 aliphatic carbocycles. The minimum absolute atomic E-state index is 0.0146. The van der Waals surface area contributed by atoms with E-state index in [1.54, 1.807) is 19.2 Å². The van der Waals surface area contributed by atoms with E-state index in [2.05, 4.69) is 5.32 Å². The lowest BCUT2D eigenvalue weighted by Crippen LogP contribution is -2.18. The highest BCUT2D eigenvalue weighted by Gasteiger charge is 2.11. The Balaban J connectivity index is 2.04. The predicted octanol–water partition coefficient (Wildman–Crippen LogP) is 3.91. The fraction of sp³-hybridized carbons (Fsp3) is 0.250. The predicted molar refractivity (Wildman–Crippen MR) is 81.4 cm³/mol. The van der Waals surface area contributed by atoms with Gasteiger partial charge in [-0.25, -0.2) is 0 Å². The Kier molecular flexibility index (Phi) is 4.88. The highest BCUT2D eigenvalue weighted by Crippen LogP contribution is 2.28. The average Bonchev–Trinajstić information content (AvgIpc) is 2.47. The van der Waals surface area contributed by atoms with Crippen molar-refractivity contribution in [2.24, 2.45) is 0 Å². The average molecular weight is 292 g/mol. The van der Waals surface area contributed by atoms with Crippen LogP contribution in [0.4, 0.5) is 0 Å². The van der Waals surface area contributed by atoms with Crippen LogP contribution in [0, 0.1) is 0 Å². The molecule has 3 nitrogen and oxygen atoms in total. The van der Waals surface area contributed by atoms with Crippen molar-refractivity contribution in [2.45, 2.75) is 19.5 Å². The van der Waals surface area contributed by atoms with E-state index in [-0.39, 0.29) is 11.8 Å². The smallest absolute Gasteiger partial charge is 0.120 e. The molecule has 4 heteroatoms. The maximum atomic E-state index is 9.92. The van der Waals surface area contributed by atoms with Crippen molar-refractivity contribution in [1.82, 2.24) is 5.32 Å². The molecule has 106 valence electrons. The van der Waals surface area contributed by atoms with Gasteiger partial charge >= 0.3 is 0 Å². The minimum atomic E-state index is 0.0146. The van der Waals surface area contributed by atoms with Gasteiger partial charge < -0.3 is 15.2 Å². The number of methoxy groups -OCH3 is 1. The van der Waals surface area contributed by atoms with Crippen LogP contribution < -0.4 is 10.1 Å². The standard InChI is InChI=1S/C16H18ClNO2/c1-11(15-9-14(20-2)7-8-16(15)19)18-10-12-3-5-13(17)6-4-12/h3-9,11,18-19H,10H2,1-2H3. The van der Waals surface area contributed by atoms with Gasteiger partial charge in [0.25, 0.3) is 0 Å². The second-order valence-electron chi connectivity index (χ2n) is 4.65. The fourth-order valence-electron chi connectivity index (χ4n) is 1.99. The van der Waals surface area contributed by atoms with Gasteiger partial charge in [0.2, 0.25) is 0 Å². The molecule has 2 aromatic carbocycles. The Labute approximate surface area is 124 Å². The third-order valence-corrected chi connectivity index (χ3v) is 3.48. The first-order valence-electron chi connectivity index (χ1n) is 6.45. The molecule has 2 rings (SSSR count). The number of hydrogen-bond acceptors (Lipinski definition) is 3. The molecule has 0 bridgehead atoms.